The molecule has 0 aliphatic heterocycles. The van der Waals surface area contributed by atoms with Gasteiger partial charge in [-0.1, -0.05) is 0 Å². The van der Waals surface area contributed by atoms with E-state index in [-0.39, 0.29) is 22.3 Å². The van der Waals surface area contributed by atoms with Crippen LogP contribution in [-0.4, -0.2) is 31.9 Å². The first-order valence-electron chi connectivity index (χ1n) is 4.63. The number of carbonyl (C=O) groups is 1. The molecule has 0 bridgehead atoms. The van der Waals surface area contributed by atoms with Crippen molar-refractivity contribution in [1.29, 1.82) is 0 Å². The summed E-state index contributed by atoms with van der Waals surface area (Å²) in [6, 6.07) is 7.44. The van der Waals surface area contributed by atoms with Gasteiger partial charge in [0.2, 0.25) is 0 Å². The molecule has 1 fully saturated rings. The summed E-state index contributed by atoms with van der Waals surface area (Å²) in [5.74, 6) is -0.137. The molecule has 0 radical (unpaired) electrons. The standard InChI is InChI=1S/C11H11BO2.2H2O/c1-14-10(13)11(6-7-11)8-2-4-9(12)5-3-8;;/h2-5H,6-7H2,1H3;2*1H2/q+2;;/p-2. The van der Waals surface area contributed by atoms with Crippen LogP contribution in [0.2, 0.25) is 0 Å². The van der Waals surface area contributed by atoms with Crippen molar-refractivity contribution < 1.29 is 20.5 Å². The van der Waals surface area contributed by atoms with E-state index in [1.165, 1.54) is 7.11 Å². The van der Waals surface area contributed by atoms with Crippen molar-refractivity contribution >= 4 is 19.3 Å². The van der Waals surface area contributed by atoms with Crippen LogP contribution in [0.1, 0.15) is 18.4 Å². The Morgan fingerprint density at radius 1 is 1.25 bits per heavy atom. The van der Waals surface area contributed by atoms with Gasteiger partial charge in [0.05, 0.1) is 0 Å². The normalized spacial score (nSPS) is 15.4. The van der Waals surface area contributed by atoms with E-state index in [0.29, 0.717) is 0 Å². The maximum atomic E-state index is 11.5. The second kappa shape index (κ2) is 5.14. The third kappa shape index (κ3) is 2.26. The molecule has 2 rings (SSSR count). The Kier molecular flexibility index (Phi) is 4.71. The predicted molar refractivity (Wildman–Crippen MR) is 58.6 cm³/mol. The first kappa shape index (κ1) is 14.7. The second-order valence-corrected chi connectivity index (χ2v) is 3.70. The molecule has 4 nitrogen and oxygen atoms in total. The quantitative estimate of drug-likeness (QED) is 0.530. The molecule has 0 amide bonds. The van der Waals surface area contributed by atoms with Crippen LogP contribution in [0, 0.1) is 0 Å². The largest absolute Gasteiger partial charge is 0.870 e. The smallest absolute Gasteiger partial charge is 0.870 e. The van der Waals surface area contributed by atoms with Crippen LogP contribution in [0.4, 0.5) is 0 Å². The summed E-state index contributed by atoms with van der Waals surface area (Å²) in [4.78, 5) is 11.5. The van der Waals surface area contributed by atoms with E-state index >= 15 is 0 Å². The summed E-state index contributed by atoms with van der Waals surface area (Å²) in [7, 11) is 7.01. The number of ether oxygens (including phenoxy) is 1. The Bertz CT molecular complexity index is 357. The Labute approximate surface area is 95.6 Å². The summed E-state index contributed by atoms with van der Waals surface area (Å²) in [6.45, 7) is 0. The minimum atomic E-state index is -0.373. The van der Waals surface area contributed by atoms with Crippen LogP contribution >= 0.6 is 0 Å². The topological polar surface area (TPSA) is 86.3 Å². The van der Waals surface area contributed by atoms with Gasteiger partial charge >= 0.3 is 84.0 Å². The summed E-state index contributed by atoms with van der Waals surface area (Å²) in [6.07, 6.45) is 1.76. The van der Waals surface area contributed by atoms with Gasteiger partial charge in [-0.05, 0) is 0 Å². The number of esters is 1. The maximum absolute atomic E-state index is 11.5. The van der Waals surface area contributed by atoms with Crippen LogP contribution in [0.15, 0.2) is 24.3 Å². The van der Waals surface area contributed by atoms with Gasteiger partial charge in [0.25, 0.3) is 0 Å². The molecule has 1 saturated carbocycles. The van der Waals surface area contributed by atoms with Crippen molar-refractivity contribution in [3.63, 3.8) is 0 Å². The molecule has 0 heterocycles. The van der Waals surface area contributed by atoms with Crippen molar-refractivity contribution in [2.75, 3.05) is 7.11 Å². The first-order chi connectivity index (χ1) is 6.69. The summed E-state index contributed by atoms with van der Waals surface area (Å²) in [5.41, 5.74) is 1.36. The number of methoxy groups -OCH3 is 1. The third-order valence-corrected chi connectivity index (χ3v) is 2.79. The van der Waals surface area contributed by atoms with Crippen molar-refractivity contribution in [3.8, 4) is 0 Å². The van der Waals surface area contributed by atoms with Crippen molar-refractivity contribution in [2.45, 2.75) is 18.3 Å². The molecule has 0 atom stereocenters. The van der Waals surface area contributed by atoms with E-state index in [1.807, 2.05) is 24.3 Å². The van der Waals surface area contributed by atoms with Gasteiger partial charge in [-0.2, -0.15) is 0 Å². The first-order valence-corrected chi connectivity index (χ1v) is 4.63. The predicted octanol–water partition coefficient (Wildman–Crippen LogP) is 0.331. The number of rotatable bonds is 2. The fourth-order valence-corrected chi connectivity index (χ4v) is 1.73. The molecule has 0 spiro atoms. The zero-order chi connectivity index (χ0) is 10.2. The molecule has 1 aliphatic rings. The summed E-state index contributed by atoms with van der Waals surface area (Å²) in [5, 5.41) is 0. The fraction of sp³-hybridized carbons (Fsp3) is 0.364. The monoisotopic (exact) mass is 220 g/mol. The fourth-order valence-electron chi connectivity index (χ4n) is 1.73. The van der Waals surface area contributed by atoms with Crippen LogP contribution in [0.5, 0.6) is 0 Å². The van der Waals surface area contributed by atoms with E-state index in [4.69, 9.17) is 12.6 Å². The summed E-state index contributed by atoms with van der Waals surface area (Å²) >= 11 is 0. The Morgan fingerprint density at radius 2 is 1.75 bits per heavy atom. The van der Waals surface area contributed by atoms with Crippen LogP contribution in [-0.2, 0) is 14.9 Å². The molecule has 1 aromatic carbocycles. The van der Waals surface area contributed by atoms with E-state index in [1.54, 1.807) is 0 Å². The number of carbonyl (C=O) groups excluding carboxylic acids is 1. The van der Waals surface area contributed by atoms with Crippen LogP contribution in [0.25, 0.3) is 0 Å². The molecule has 0 aromatic heterocycles. The molecule has 84 valence electrons. The molecule has 2 N–H and O–H groups in total. The molecule has 5 heteroatoms. The van der Waals surface area contributed by atoms with Gasteiger partial charge < -0.3 is 11.0 Å². The molecular weight excluding hydrogens is 207 g/mol. The molecule has 1 aliphatic carbocycles. The minimum Gasteiger partial charge on any atom is -0.870 e. The van der Waals surface area contributed by atoms with Gasteiger partial charge in [0.15, 0.2) is 0 Å². The van der Waals surface area contributed by atoms with Crippen molar-refractivity contribution in [2.24, 2.45) is 0 Å². The van der Waals surface area contributed by atoms with E-state index in [9.17, 15) is 4.79 Å². The van der Waals surface area contributed by atoms with Crippen molar-refractivity contribution in [3.05, 3.63) is 29.8 Å². The van der Waals surface area contributed by atoms with Gasteiger partial charge in [0, 0.05) is 0 Å². The van der Waals surface area contributed by atoms with Gasteiger partial charge in [-0.15, -0.1) is 0 Å². The minimum absolute atomic E-state index is 0. The Hall–Kier alpha value is -1.33. The average molecular weight is 220 g/mol. The third-order valence-electron chi connectivity index (χ3n) is 2.79. The summed E-state index contributed by atoms with van der Waals surface area (Å²) < 4.78 is 4.79. The van der Waals surface area contributed by atoms with Crippen LogP contribution in [0.3, 0.4) is 0 Å². The molecular formula is C11H13BO4. The molecule has 16 heavy (non-hydrogen) atoms. The average Bonchev–Trinajstić information content (AvgIpc) is 2.99. The SMILES string of the molecule is [B+2]c1ccc(C2(C(=O)OC)CC2)cc1.[OH-].[OH-]. The zero-order valence-electron chi connectivity index (χ0n) is 9.01. The molecule has 0 saturated heterocycles. The molecule has 0 unspecified atom stereocenters. The second-order valence-electron chi connectivity index (χ2n) is 3.70. The number of hydrogen-bond donors (Lipinski definition) is 0. The zero-order valence-corrected chi connectivity index (χ0v) is 9.01. The molecule has 1 aromatic rings. The van der Waals surface area contributed by atoms with Crippen molar-refractivity contribution in [1.82, 2.24) is 0 Å². The van der Waals surface area contributed by atoms with Gasteiger partial charge in [-0.3, -0.25) is 0 Å². The van der Waals surface area contributed by atoms with E-state index in [2.05, 4.69) is 0 Å². The van der Waals surface area contributed by atoms with Crippen LogP contribution < -0.4 is 5.46 Å². The number of benzene rings is 1. The Morgan fingerprint density at radius 3 is 2.12 bits per heavy atom. The number of hydrogen-bond acceptors (Lipinski definition) is 4. The van der Waals surface area contributed by atoms with Gasteiger partial charge in [-0.25, -0.2) is 0 Å². The van der Waals surface area contributed by atoms with Gasteiger partial charge in [0.1, 0.15) is 0 Å². The van der Waals surface area contributed by atoms with E-state index in [0.717, 1.165) is 23.9 Å². The van der Waals surface area contributed by atoms with E-state index < -0.39 is 0 Å². The Balaban J connectivity index is 0.00000112. The maximum Gasteiger partial charge on any atom is -0.870 e.